The fourth-order valence-electron chi connectivity index (χ4n) is 1.60. The summed E-state index contributed by atoms with van der Waals surface area (Å²) in [6.07, 6.45) is -9.74. The Morgan fingerprint density at radius 1 is 1.00 bits per heavy atom. The van der Waals surface area contributed by atoms with E-state index in [-0.39, 0.29) is 6.07 Å². The number of rotatable bonds is 2. The maximum Gasteiger partial charge on any atom is 0.418 e. The van der Waals surface area contributed by atoms with Gasteiger partial charge in [-0.05, 0) is 18.2 Å². The Kier molecular flexibility index (Phi) is 4.26. The normalized spacial score (nSPS) is 15.8. The standard InChI is InChI=1S/C11H9F6N3S/c12-10(13,14)6-1-2-8(7(5-6)11(15,16)17)19-20-9-18-3-4-21-9/h1-2,5,19H,3-4H2,(H,18,20). The van der Waals surface area contributed by atoms with Crippen molar-refractivity contribution in [3.05, 3.63) is 29.3 Å². The molecule has 0 aliphatic carbocycles. The molecule has 2 rings (SSSR count). The average Bonchev–Trinajstić information content (AvgIpc) is 2.87. The fourth-order valence-corrected chi connectivity index (χ4v) is 2.28. The van der Waals surface area contributed by atoms with Gasteiger partial charge in [-0.1, -0.05) is 11.8 Å². The van der Waals surface area contributed by atoms with Crippen LogP contribution in [0.1, 0.15) is 11.1 Å². The van der Waals surface area contributed by atoms with E-state index in [0.29, 0.717) is 23.5 Å². The molecule has 0 aromatic heterocycles. The molecular weight excluding hydrogens is 320 g/mol. The molecule has 1 aliphatic heterocycles. The third-order valence-electron chi connectivity index (χ3n) is 2.54. The average molecular weight is 329 g/mol. The van der Waals surface area contributed by atoms with E-state index in [1.807, 2.05) is 0 Å². The number of anilines is 1. The SMILES string of the molecule is FC(F)(F)c1ccc(NNC2=NCCS2)c(C(F)(F)F)c1. The number of hydrogen-bond donors (Lipinski definition) is 2. The van der Waals surface area contributed by atoms with Crippen molar-refractivity contribution in [3.63, 3.8) is 0 Å². The minimum Gasteiger partial charge on any atom is -0.299 e. The van der Waals surface area contributed by atoms with Crippen LogP contribution < -0.4 is 10.9 Å². The number of aliphatic imine (C=N–C) groups is 1. The monoisotopic (exact) mass is 329 g/mol. The Balaban J connectivity index is 2.27. The van der Waals surface area contributed by atoms with Crippen LogP contribution in [-0.4, -0.2) is 17.5 Å². The second-order valence-electron chi connectivity index (χ2n) is 4.04. The summed E-state index contributed by atoms with van der Waals surface area (Å²) >= 11 is 1.30. The molecule has 1 aromatic carbocycles. The van der Waals surface area contributed by atoms with E-state index in [1.165, 1.54) is 11.8 Å². The molecule has 2 N–H and O–H groups in total. The molecule has 0 radical (unpaired) electrons. The molecule has 21 heavy (non-hydrogen) atoms. The number of halogens is 6. The topological polar surface area (TPSA) is 36.4 Å². The second-order valence-corrected chi connectivity index (χ2v) is 5.12. The number of hydrogen-bond acceptors (Lipinski definition) is 4. The third kappa shape index (κ3) is 3.96. The second kappa shape index (κ2) is 5.66. The number of thioether (sulfide) groups is 1. The van der Waals surface area contributed by atoms with Gasteiger partial charge in [-0.2, -0.15) is 26.3 Å². The van der Waals surface area contributed by atoms with Crippen molar-refractivity contribution in [1.29, 1.82) is 0 Å². The van der Waals surface area contributed by atoms with Gasteiger partial charge in [0.1, 0.15) is 0 Å². The molecule has 0 saturated carbocycles. The molecule has 3 nitrogen and oxygen atoms in total. The maximum atomic E-state index is 12.8. The Bertz CT molecular complexity index is 552. The molecule has 10 heteroatoms. The Morgan fingerprint density at radius 3 is 2.24 bits per heavy atom. The fraction of sp³-hybridized carbons (Fsp3) is 0.364. The first-order chi connectivity index (χ1) is 9.68. The van der Waals surface area contributed by atoms with Crippen LogP contribution in [0.2, 0.25) is 0 Å². The number of nitrogens with one attached hydrogen (secondary N) is 2. The molecule has 0 bridgehead atoms. The van der Waals surface area contributed by atoms with Crippen molar-refractivity contribution < 1.29 is 26.3 Å². The van der Waals surface area contributed by atoms with Gasteiger partial charge in [0.05, 0.1) is 23.4 Å². The summed E-state index contributed by atoms with van der Waals surface area (Å²) in [7, 11) is 0. The van der Waals surface area contributed by atoms with Gasteiger partial charge in [0.15, 0.2) is 5.17 Å². The zero-order valence-corrected chi connectivity index (χ0v) is 11.1. The van der Waals surface area contributed by atoms with Gasteiger partial charge in [-0.15, -0.1) is 0 Å². The Labute approximate surface area is 119 Å². The van der Waals surface area contributed by atoms with Crippen molar-refractivity contribution in [2.45, 2.75) is 12.4 Å². The first-order valence-electron chi connectivity index (χ1n) is 5.65. The molecular formula is C11H9F6N3S. The van der Waals surface area contributed by atoms with Crippen molar-refractivity contribution in [2.24, 2.45) is 4.99 Å². The van der Waals surface area contributed by atoms with Crippen LogP contribution in [0, 0.1) is 0 Å². The highest BCUT2D eigenvalue weighted by molar-refractivity contribution is 8.14. The molecule has 0 amide bonds. The van der Waals surface area contributed by atoms with Gasteiger partial charge in [-0.25, -0.2) is 0 Å². The zero-order chi connectivity index (χ0) is 15.7. The van der Waals surface area contributed by atoms with E-state index in [2.05, 4.69) is 15.8 Å². The Morgan fingerprint density at radius 2 is 1.71 bits per heavy atom. The molecule has 1 aliphatic rings. The van der Waals surface area contributed by atoms with Crippen molar-refractivity contribution in [1.82, 2.24) is 5.43 Å². The van der Waals surface area contributed by atoms with Gasteiger partial charge in [0.2, 0.25) is 0 Å². The predicted octanol–water partition coefficient (Wildman–Crippen LogP) is 3.74. The summed E-state index contributed by atoms with van der Waals surface area (Å²) in [4.78, 5) is 3.94. The number of alkyl halides is 6. The summed E-state index contributed by atoms with van der Waals surface area (Å²) in [6, 6.07) is 1.40. The van der Waals surface area contributed by atoms with Gasteiger partial charge >= 0.3 is 12.4 Å². The molecule has 0 fully saturated rings. The van der Waals surface area contributed by atoms with Crippen LogP contribution in [-0.2, 0) is 12.4 Å². The van der Waals surface area contributed by atoms with Gasteiger partial charge in [0.25, 0.3) is 0 Å². The van der Waals surface area contributed by atoms with E-state index in [0.717, 1.165) is 6.07 Å². The number of benzene rings is 1. The van der Waals surface area contributed by atoms with Crippen molar-refractivity contribution in [3.8, 4) is 0 Å². The van der Waals surface area contributed by atoms with Crippen LogP contribution >= 0.6 is 11.8 Å². The van der Waals surface area contributed by atoms with Gasteiger partial charge in [-0.3, -0.25) is 15.8 Å². The van der Waals surface area contributed by atoms with E-state index in [4.69, 9.17) is 0 Å². The van der Waals surface area contributed by atoms with Crippen molar-refractivity contribution in [2.75, 3.05) is 17.7 Å². The lowest BCUT2D eigenvalue weighted by Gasteiger charge is -2.17. The summed E-state index contributed by atoms with van der Waals surface area (Å²) in [5, 5.41) is 0.392. The largest absolute Gasteiger partial charge is 0.418 e. The quantitative estimate of drug-likeness (QED) is 0.641. The van der Waals surface area contributed by atoms with Crippen molar-refractivity contribution >= 4 is 22.6 Å². The number of hydrazine groups is 1. The van der Waals surface area contributed by atoms with Crippen LogP contribution in [0.5, 0.6) is 0 Å². The van der Waals surface area contributed by atoms with Crippen LogP contribution in [0.15, 0.2) is 23.2 Å². The first kappa shape index (κ1) is 15.8. The van der Waals surface area contributed by atoms with Crippen LogP contribution in [0.3, 0.4) is 0 Å². The van der Waals surface area contributed by atoms with E-state index < -0.39 is 29.2 Å². The summed E-state index contributed by atoms with van der Waals surface area (Å²) < 4.78 is 76.0. The number of amidine groups is 1. The maximum absolute atomic E-state index is 12.8. The van der Waals surface area contributed by atoms with E-state index in [1.54, 1.807) is 0 Å². The van der Waals surface area contributed by atoms with Crippen LogP contribution in [0.25, 0.3) is 0 Å². The highest BCUT2D eigenvalue weighted by Crippen LogP contribution is 2.39. The van der Waals surface area contributed by atoms with Gasteiger partial charge < -0.3 is 0 Å². The lowest BCUT2D eigenvalue weighted by Crippen LogP contribution is -2.27. The van der Waals surface area contributed by atoms with E-state index in [9.17, 15) is 26.3 Å². The molecule has 1 aromatic rings. The van der Waals surface area contributed by atoms with Crippen LogP contribution in [0.4, 0.5) is 32.0 Å². The molecule has 116 valence electrons. The first-order valence-corrected chi connectivity index (χ1v) is 6.64. The zero-order valence-electron chi connectivity index (χ0n) is 10.3. The lowest BCUT2D eigenvalue weighted by atomic mass is 10.1. The predicted molar refractivity (Wildman–Crippen MR) is 68.0 cm³/mol. The third-order valence-corrected chi connectivity index (χ3v) is 3.43. The highest BCUT2D eigenvalue weighted by atomic mass is 32.2. The molecule has 0 unspecified atom stereocenters. The smallest absolute Gasteiger partial charge is 0.299 e. The summed E-state index contributed by atoms with van der Waals surface area (Å²) in [5.74, 6) is 0.698. The highest BCUT2D eigenvalue weighted by Gasteiger charge is 2.38. The minimum atomic E-state index is -4.91. The van der Waals surface area contributed by atoms with E-state index >= 15 is 0 Å². The summed E-state index contributed by atoms with van der Waals surface area (Å²) in [6.45, 7) is 0.536. The molecule has 0 spiro atoms. The molecule has 1 heterocycles. The Hall–Kier alpha value is -1.58. The number of nitrogens with zero attached hydrogens (tertiary/aromatic N) is 1. The molecule has 0 saturated heterocycles. The van der Waals surface area contributed by atoms with Gasteiger partial charge in [0, 0.05) is 5.75 Å². The summed E-state index contributed by atoms with van der Waals surface area (Å²) in [5.41, 5.74) is 1.46. The minimum absolute atomic E-state index is 0.0770. The molecule has 0 atom stereocenters. The lowest BCUT2D eigenvalue weighted by molar-refractivity contribution is -0.142.